The minimum Gasteiger partial charge on any atom is -0.346 e. The highest BCUT2D eigenvalue weighted by atomic mass is 19.1. The molecule has 0 radical (unpaired) electrons. The Bertz CT molecular complexity index is 968. The van der Waals surface area contributed by atoms with Gasteiger partial charge in [-0.3, -0.25) is 4.79 Å². The highest BCUT2D eigenvalue weighted by Crippen LogP contribution is 2.23. The number of carbonyl (C=O) groups is 1. The van der Waals surface area contributed by atoms with E-state index in [-0.39, 0.29) is 17.8 Å². The highest BCUT2D eigenvalue weighted by molar-refractivity contribution is 5.92. The van der Waals surface area contributed by atoms with Gasteiger partial charge < -0.3 is 5.32 Å². The standard InChI is InChI=1S/C22H18F2N2O/c1-15(26-22(27)12-10-16-5-2-3-8-20(16)23)17-6-4-7-18(13-17)19-9-11-21(24)25-14-19/h2-15H,1H3,(H,26,27)/t15-/m0/s1. The second kappa shape index (κ2) is 8.36. The van der Waals surface area contributed by atoms with E-state index in [1.807, 2.05) is 31.2 Å². The van der Waals surface area contributed by atoms with Crippen LogP contribution in [0.1, 0.15) is 24.1 Å². The summed E-state index contributed by atoms with van der Waals surface area (Å²) in [4.78, 5) is 15.8. The van der Waals surface area contributed by atoms with Gasteiger partial charge in [-0.2, -0.15) is 4.39 Å². The molecule has 0 unspecified atom stereocenters. The van der Waals surface area contributed by atoms with Crippen LogP contribution in [0.2, 0.25) is 0 Å². The maximum atomic E-state index is 13.6. The van der Waals surface area contributed by atoms with Gasteiger partial charge in [0.1, 0.15) is 5.82 Å². The molecule has 0 saturated heterocycles. The fourth-order valence-corrected chi connectivity index (χ4v) is 2.65. The number of amides is 1. The van der Waals surface area contributed by atoms with Gasteiger partial charge in [-0.05, 0) is 48.4 Å². The van der Waals surface area contributed by atoms with Crippen LogP contribution in [0.15, 0.2) is 72.9 Å². The molecule has 1 heterocycles. The minimum atomic E-state index is -0.530. The smallest absolute Gasteiger partial charge is 0.244 e. The van der Waals surface area contributed by atoms with Crippen LogP contribution < -0.4 is 5.32 Å². The van der Waals surface area contributed by atoms with Crippen molar-refractivity contribution in [2.75, 3.05) is 0 Å². The van der Waals surface area contributed by atoms with Gasteiger partial charge in [-0.1, -0.05) is 36.4 Å². The second-order valence-corrected chi connectivity index (χ2v) is 6.08. The summed E-state index contributed by atoms with van der Waals surface area (Å²) >= 11 is 0. The lowest BCUT2D eigenvalue weighted by atomic mass is 10.0. The van der Waals surface area contributed by atoms with Crippen LogP contribution >= 0.6 is 0 Å². The molecule has 0 fully saturated rings. The molecule has 0 saturated carbocycles. The molecule has 0 aliphatic heterocycles. The molecule has 27 heavy (non-hydrogen) atoms. The van der Waals surface area contributed by atoms with Crippen LogP contribution in [0.4, 0.5) is 8.78 Å². The van der Waals surface area contributed by atoms with E-state index in [0.29, 0.717) is 5.56 Å². The zero-order valence-corrected chi connectivity index (χ0v) is 14.7. The van der Waals surface area contributed by atoms with Crippen molar-refractivity contribution >= 4 is 12.0 Å². The summed E-state index contributed by atoms with van der Waals surface area (Å²) in [5, 5.41) is 2.85. The molecule has 1 N–H and O–H groups in total. The lowest BCUT2D eigenvalue weighted by Crippen LogP contribution is -2.24. The number of nitrogens with zero attached hydrogens (tertiary/aromatic N) is 1. The summed E-state index contributed by atoms with van der Waals surface area (Å²) in [7, 11) is 0. The Morgan fingerprint density at radius 2 is 1.85 bits per heavy atom. The van der Waals surface area contributed by atoms with E-state index in [0.717, 1.165) is 16.7 Å². The molecule has 0 bridgehead atoms. The van der Waals surface area contributed by atoms with Gasteiger partial charge in [0.05, 0.1) is 6.04 Å². The van der Waals surface area contributed by atoms with E-state index in [4.69, 9.17) is 0 Å². The molecule has 0 aliphatic carbocycles. The molecule has 3 nitrogen and oxygen atoms in total. The molecule has 136 valence electrons. The summed E-state index contributed by atoms with van der Waals surface area (Å²) in [5.41, 5.74) is 2.91. The number of rotatable bonds is 5. The minimum absolute atomic E-state index is 0.254. The van der Waals surface area contributed by atoms with Crippen molar-refractivity contribution in [3.8, 4) is 11.1 Å². The molecule has 2 aromatic carbocycles. The molecular formula is C22H18F2N2O. The van der Waals surface area contributed by atoms with Crippen LogP contribution in [0.5, 0.6) is 0 Å². The number of benzene rings is 2. The molecule has 1 atom stereocenters. The molecule has 3 rings (SSSR count). The first-order valence-electron chi connectivity index (χ1n) is 8.48. The fourth-order valence-electron chi connectivity index (χ4n) is 2.65. The number of nitrogens with one attached hydrogen (secondary N) is 1. The number of carbonyl (C=O) groups excluding carboxylic acids is 1. The predicted molar refractivity (Wildman–Crippen MR) is 102 cm³/mol. The lowest BCUT2D eigenvalue weighted by molar-refractivity contribution is -0.117. The zero-order valence-electron chi connectivity index (χ0n) is 14.7. The van der Waals surface area contributed by atoms with Gasteiger partial charge in [-0.25, -0.2) is 9.37 Å². The normalized spacial score (nSPS) is 12.1. The van der Waals surface area contributed by atoms with Crippen molar-refractivity contribution in [2.24, 2.45) is 0 Å². The van der Waals surface area contributed by atoms with Crippen LogP contribution in [0.3, 0.4) is 0 Å². The topological polar surface area (TPSA) is 42.0 Å². The Balaban J connectivity index is 1.70. The average Bonchev–Trinajstić information content (AvgIpc) is 2.68. The predicted octanol–water partition coefficient (Wildman–Crippen LogP) is 4.92. The third kappa shape index (κ3) is 4.85. The van der Waals surface area contributed by atoms with Crippen molar-refractivity contribution in [3.63, 3.8) is 0 Å². The summed E-state index contributed by atoms with van der Waals surface area (Å²) < 4.78 is 26.6. The maximum Gasteiger partial charge on any atom is 0.244 e. The first-order valence-corrected chi connectivity index (χ1v) is 8.48. The van der Waals surface area contributed by atoms with E-state index < -0.39 is 5.95 Å². The molecule has 3 aromatic rings. The van der Waals surface area contributed by atoms with Crippen LogP contribution in [0, 0.1) is 11.8 Å². The quantitative estimate of drug-likeness (QED) is 0.516. The molecule has 5 heteroatoms. The Morgan fingerprint density at radius 1 is 1.04 bits per heavy atom. The third-order valence-corrected chi connectivity index (χ3v) is 4.13. The fraction of sp³-hybridized carbons (Fsp3) is 0.0909. The molecule has 0 aliphatic rings. The summed E-state index contributed by atoms with van der Waals surface area (Å²) in [6.45, 7) is 1.86. The van der Waals surface area contributed by atoms with Crippen LogP contribution in [-0.4, -0.2) is 10.9 Å². The van der Waals surface area contributed by atoms with E-state index >= 15 is 0 Å². The molecule has 1 amide bonds. The van der Waals surface area contributed by atoms with Gasteiger partial charge in [-0.15, -0.1) is 0 Å². The van der Waals surface area contributed by atoms with Crippen LogP contribution in [0.25, 0.3) is 17.2 Å². The summed E-state index contributed by atoms with van der Waals surface area (Å²) in [6.07, 6.45) is 4.22. The van der Waals surface area contributed by atoms with Crippen molar-refractivity contribution in [2.45, 2.75) is 13.0 Å². The number of halogens is 2. The van der Waals surface area contributed by atoms with Gasteiger partial charge >= 0.3 is 0 Å². The largest absolute Gasteiger partial charge is 0.346 e. The Hall–Kier alpha value is -3.34. The first kappa shape index (κ1) is 18.5. The van der Waals surface area contributed by atoms with Gasteiger partial charge in [0.15, 0.2) is 0 Å². The first-order chi connectivity index (χ1) is 13.0. The monoisotopic (exact) mass is 364 g/mol. The van der Waals surface area contributed by atoms with Gasteiger partial charge in [0.2, 0.25) is 11.9 Å². The SMILES string of the molecule is C[C@H](NC(=O)C=Cc1ccccc1F)c1cccc(-c2ccc(F)nc2)c1. The van der Waals surface area contributed by atoms with E-state index in [9.17, 15) is 13.6 Å². The highest BCUT2D eigenvalue weighted by Gasteiger charge is 2.09. The lowest BCUT2D eigenvalue weighted by Gasteiger charge is -2.14. The van der Waals surface area contributed by atoms with E-state index in [2.05, 4.69) is 10.3 Å². The molecule has 0 spiro atoms. The number of hydrogen-bond acceptors (Lipinski definition) is 2. The maximum absolute atomic E-state index is 13.6. The molecular weight excluding hydrogens is 346 g/mol. The Kier molecular flexibility index (Phi) is 5.71. The molecule has 1 aromatic heterocycles. The van der Waals surface area contributed by atoms with Crippen molar-refractivity contribution in [1.29, 1.82) is 0 Å². The second-order valence-electron chi connectivity index (χ2n) is 6.08. The van der Waals surface area contributed by atoms with Crippen molar-refractivity contribution < 1.29 is 13.6 Å². The average molecular weight is 364 g/mol. The van der Waals surface area contributed by atoms with E-state index in [1.165, 1.54) is 30.5 Å². The Labute approximate surface area is 156 Å². The van der Waals surface area contributed by atoms with Gasteiger partial charge in [0.25, 0.3) is 0 Å². The van der Waals surface area contributed by atoms with E-state index in [1.54, 1.807) is 24.3 Å². The number of pyridine rings is 1. The van der Waals surface area contributed by atoms with Crippen molar-refractivity contribution in [1.82, 2.24) is 10.3 Å². The number of hydrogen-bond donors (Lipinski definition) is 1. The Morgan fingerprint density at radius 3 is 2.59 bits per heavy atom. The van der Waals surface area contributed by atoms with Crippen molar-refractivity contribution in [3.05, 3.63) is 95.8 Å². The van der Waals surface area contributed by atoms with Crippen LogP contribution in [-0.2, 0) is 4.79 Å². The summed E-state index contributed by atoms with van der Waals surface area (Å²) in [5.74, 6) is -1.23. The zero-order chi connectivity index (χ0) is 19.2. The summed E-state index contributed by atoms with van der Waals surface area (Å²) in [6, 6.07) is 16.5. The third-order valence-electron chi connectivity index (χ3n) is 4.13. The van der Waals surface area contributed by atoms with Gasteiger partial charge in [0, 0.05) is 23.4 Å². The number of aromatic nitrogens is 1.